The Hall–Kier alpha value is -0.380. The molecule has 0 aliphatic carbocycles. The first kappa shape index (κ1) is 13.1. The zero-order chi connectivity index (χ0) is 11.9. The summed E-state index contributed by atoms with van der Waals surface area (Å²) in [5.41, 5.74) is 0. The maximum Gasteiger partial charge on any atom is 0.0888 e. The van der Waals surface area contributed by atoms with Crippen LogP contribution in [0.1, 0.15) is 43.6 Å². The summed E-state index contributed by atoms with van der Waals surface area (Å²) in [5.74, 6) is 0.928. The Morgan fingerprint density at radius 2 is 2.29 bits per heavy atom. The average molecular weight is 253 g/mol. The predicted molar refractivity (Wildman–Crippen MR) is 73.5 cm³/mol. The average Bonchev–Trinajstić information content (AvgIpc) is 2.89. The van der Waals surface area contributed by atoms with Crippen LogP contribution in [0.3, 0.4) is 0 Å². The quantitative estimate of drug-likeness (QED) is 0.782. The molecular weight excluding hydrogens is 230 g/mol. The van der Waals surface area contributed by atoms with Gasteiger partial charge in [-0.3, -0.25) is 0 Å². The maximum atomic E-state index is 5.87. The van der Waals surface area contributed by atoms with E-state index >= 15 is 0 Å². The van der Waals surface area contributed by atoms with Crippen molar-refractivity contribution in [3.8, 4) is 0 Å². The van der Waals surface area contributed by atoms with Crippen molar-refractivity contribution in [2.24, 2.45) is 5.92 Å². The second-order valence-electron chi connectivity index (χ2n) is 4.86. The highest BCUT2D eigenvalue weighted by atomic mass is 32.1. The number of ether oxygens (including phenoxy) is 1. The third-order valence-corrected chi connectivity index (χ3v) is 4.56. The van der Waals surface area contributed by atoms with Crippen molar-refractivity contribution < 1.29 is 4.74 Å². The lowest BCUT2D eigenvalue weighted by molar-refractivity contribution is 0.0623. The van der Waals surface area contributed by atoms with E-state index in [0.29, 0.717) is 0 Å². The molecule has 2 rings (SSSR count). The number of nitrogens with one attached hydrogen (secondary N) is 1. The Kier molecular flexibility index (Phi) is 5.49. The molecule has 0 amide bonds. The summed E-state index contributed by atoms with van der Waals surface area (Å²) in [5, 5.41) is 5.53. The van der Waals surface area contributed by atoms with Crippen molar-refractivity contribution in [1.29, 1.82) is 0 Å². The molecule has 0 radical (unpaired) electrons. The summed E-state index contributed by atoms with van der Waals surface area (Å²) in [6.07, 6.45) is 5.50. The molecule has 1 fully saturated rings. The molecule has 3 heteroatoms. The number of hydrogen-bond donors (Lipinski definition) is 1. The Morgan fingerprint density at radius 3 is 3.00 bits per heavy atom. The maximum absolute atomic E-state index is 5.87. The molecule has 2 heterocycles. The van der Waals surface area contributed by atoms with Crippen molar-refractivity contribution in [3.05, 3.63) is 22.4 Å². The molecule has 1 atom stereocenters. The summed E-state index contributed by atoms with van der Waals surface area (Å²) in [6, 6.07) is 4.25. The first-order valence-electron chi connectivity index (χ1n) is 6.72. The van der Waals surface area contributed by atoms with Gasteiger partial charge in [0.05, 0.1) is 6.10 Å². The number of rotatable bonds is 6. The lowest BCUT2D eigenvalue weighted by Crippen LogP contribution is -2.27. The Bertz CT molecular complexity index is 293. The van der Waals surface area contributed by atoms with Crippen LogP contribution in [0.4, 0.5) is 0 Å². The van der Waals surface area contributed by atoms with Crippen LogP contribution in [0.5, 0.6) is 0 Å². The molecule has 0 saturated carbocycles. The van der Waals surface area contributed by atoms with Crippen LogP contribution in [0.15, 0.2) is 17.5 Å². The summed E-state index contributed by atoms with van der Waals surface area (Å²) in [4.78, 5) is 1.34. The Balaban J connectivity index is 1.56. The van der Waals surface area contributed by atoms with Gasteiger partial charge in [-0.05, 0) is 63.1 Å². The third kappa shape index (κ3) is 4.41. The van der Waals surface area contributed by atoms with Crippen molar-refractivity contribution in [1.82, 2.24) is 5.32 Å². The minimum atomic E-state index is 0.267. The zero-order valence-electron chi connectivity index (χ0n) is 10.7. The van der Waals surface area contributed by atoms with Gasteiger partial charge in [0.1, 0.15) is 0 Å². The van der Waals surface area contributed by atoms with Crippen molar-refractivity contribution >= 4 is 11.3 Å². The van der Waals surface area contributed by atoms with Crippen LogP contribution in [-0.2, 0) is 4.74 Å². The van der Waals surface area contributed by atoms with E-state index in [1.54, 1.807) is 11.3 Å². The molecule has 1 aliphatic heterocycles. The van der Waals surface area contributed by atoms with E-state index in [-0.39, 0.29) is 6.10 Å². The van der Waals surface area contributed by atoms with Gasteiger partial charge in [0.2, 0.25) is 0 Å². The predicted octanol–water partition coefficient (Wildman–Crippen LogP) is 3.61. The highest BCUT2D eigenvalue weighted by Gasteiger charge is 2.12. The molecule has 17 heavy (non-hydrogen) atoms. The Labute approximate surface area is 108 Å². The fraction of sp³-hybridized carbons (Fsp3) is 0.714. The third-order valence-electron chi connectivity index (χ3n) is 3.53. The zero-order valence-corrected chi connectivity index (χ0v) is 11.5. The highest BCUT2D eigenvalue weighted by Crippen LogP contribution is 2.23. The highest BCUT2D eigenvalue weighted by molar-refractivity contribution is 7.10. The number of thiophene rings is 1. The molecule has 1 aromatic rings. The van der Waals surface area contributed by atoms with Gasteiger partial charge in [-0.2, -0.15) is 0 Å². The van der Waals surface area contributed by atoms with Gasteiger partial charge >= 0.3 is 0 Å². The summed E-state index contributed by atoms with van der Waals surface area (Å²) in [7, 11) is 0. The molecule has 0 bridgehead atoms. The Morgan fingerprint density at radius 1 is 1.47 bits per heavy atom. The van der Waals surface area contributed by atoms with Crippen molar-refractivity contribution in [2.45, 2.75) is 38.7 Å². The van der Waals surface area contributed by atoms with Gasteiger partial charge in [0.25, 0.3) is 0 Å². The van der Waals surface area contributed by atoms with E-state index in [4.69, 9.17) is 4.74 Å². The van der Waals surface area contributed by atoms with E-state index in [0.717, 1.165) is 12.5 Å². The van der Waals surface area contributed by atoms with Crippen LogP contribution in [0.2, 0.25) is 0 Å². The largest absolute Gasteiger partial charge is 0.373 e. The normalized spacial score (nSPS) is 19.4. The van der Waals surface area contributed by atoms with E-state index < -0.39 is 0 Å². The topological polar surface area (TPSA) is 21.3 Å². The minimum absolute atomic E-state index is 0.267. The minimum Gasteiger partial charge on any atom is -0.373 e. The number of piperidine rings is 1. The second kappa shape index (κ2) is 7.14. The van der Waals surface area contributed by atoms with Gasteiger partial charge in [0.15, 0.2) is 0 Å². The van der Waals surface area contributed by atoms with Gasteiger partial charge in [-0.1, -0.05) is 6.07 Å². The van der Waals surface area contributed by atoms with E-state index in [2.05, 4.69) is 29.8 Å². The van der Waals surface area contributed by atoms with E-state index in [9.17, 15) is 0 Å². The van der Waals surface area contributed by atoms with Gasteiger partial charge in [0, 0.05) is 11.5 Å². The summed E-state index contributed by atoms with van der Waals surface area (Å²) < 4.78 is 5.87. The van der Waals surface area contributed by atoms with Crippen LogP contribution < -0.4 is 5.32 Å². The molecule has 96 valence electrons. The molecule has 1 aromatic heterocycles. The standard InChI is InChI=1S/C14H23NOS/c1-12(14-5-3-11-17-14)16-10-2-4-13-6-8-15-9-7-13/h3,5,11-13,15H,2,4,6-10H2,1H3. The van der Waals surface area contributed by atoms with E-state index in [1.165, 1.54) is 43.6 Å². The first-order chi connectivity index (χ1) is 8.36. The molecule has 0 aromatic carbocycles. The summed E-state index contributed by atoms with van der Waals surface area (Å²) >= 11 is 1.78. The van der Waals surface area contributed by atoms with Gasteiger partial charge in [-0.15, -0.1) is 11.3 Å². The van der Waals surface area contributed by atoms with Crippen LogP contribution in [-0.4, -0.2) is 19.7 Å². The van der Waals surface area contributed by atoms with Crippen LogP contribution in [0.25, 0.3) is 0 Å². The molecule has 1 saturated heterocycles. The lowest BCUT2D eigenvalue weighted by Gasteiger charge is -2.22. The molecule has 1 unspecified atom stereocenters. The summed E-state index contributed by atoms with van der Waals surface area (Å²) in [6.45, 7) is 5.47. The smallest absolute Gasteiger partial charge is 0.0888 e. The molecular formula is C14H23NOS. The second-order valence-corrected chi connectivity index (χ2v) is 5.84. The van der Waals surface area contributed by atoms with Crippen molar-refractivity contribution in [3.63, 3.8) is 0 Å². The van der Waals surface area contributed by atoms with Crippen LogP contribution in [0, 0.1) is 5.92 Å². The molecule has 1 N–H and O–H groups in total. The monoisotopic (exact) mass is 253 g/mol. The lowest BCUT2D eigenvalue weighted by atomic mass is 9.93. The SMILES string of the molecule is CC(OCCCC1CCNCC1)c1cccs1. The fourth-order valence-electron chi connectivity index (χ4n) is 2.41. The fourth-order valence-corrected chi connectivity index (χ4v) is 3.14. The van der Waals surface area contributed by atoms with Crippen LogP contribution >= 0.6 is 11.3 Å². The van der Waals surface area contributed by atoms with E-state index in [1.807, 2.05) is 0 Å². The molecule has 2 nitrogen and oxygen atoms in total. The number of hydrogen-bond acceptors (Lipinski definition) is 3. The molecule has 1 aliphatic rings. The van der Waals surface area contributed by atoms with Gasteiger partial charge in [-0.25, -0.2) is 0 Å². The van der Waals surface area contributed by atoms with Crippen molar-refractivity contribution in [2.75, 3.05) is 19.7 Å². The van der Waals surface area contributed by atoms with Gasteiger partial charge < -0.3 is 10.1 Å². The molecule has 0 spiro atoms. The first-order valence-corrected chi connectivity index (χ1v) is 7.60.